The number of nitrogens with zero attached hydrogens (tertiary/aromatic N) is 3. The van der Waals surface area contributed by atoms with Crippen LogP contribution in [0.4, 0.5) is 5.69 Å². The zero-order valence-electron chi connectivity index (χ0n) is 22.5. The van der Waals surface area contributed by atoms with E-state index < -0.39 is 10.0 Å². The summed E-state index contributed by atoms with van der Waals surface area (Å²) in [5.74, 6) is 2.15. The van der Waals surface area contributed by atoms with Gasteiger partial charge < -0.3 is 14.4 Å². The molecule has 0 aliphatic carbocycles. The molecule has 0 saturated carbocycles. The first kappa shape index (κ1) is 26.3. The van der Waals surface area contributed by atoms with Gasteiger partial charge in [-0.3, -0.25) is 4.90 Å². The molecule has 3 aliphatic heterocycles. The van der Waals surface area contributed by atoms with E-state index in [1.165, 1.54) is 5.56 Å². The highest BCUT2D eigenvalue weighted by molar-refractivity contribution is 7.89. The molecule has 0 aromatic heterocycles. The van der Waals surface area contributed by atoms with E-state index in [1.807, 2.05) is 19.2 Å². The maximum Gasteiger partial charge on any atom is 0.243 e. The van der Waals surface area contributed by atoms with Crippen LogP contribution in [-0.4, -0.2) is 70.6 Å². The molecule has 0 unspecified atom stereocenters. The van der Waals surface area contributed by atoms with E-state index in [0.29, 0.717) is 36.3 Å². The number of para-hydroxylation sites is 1. The van der Waals surface area contributed by atoms with Gasteiger partial charge in [0.05, 0.1) is 23.7 Å². The van der Waals surface area contributed by atoms with E-state index in [4.69, 9.17) is 9.47 Å². The molecule has 0 atom stereocenters. The first-order chi connectivity index (χ1) is 17.8. The number of hydrogen-bond acceptors (Lipinski definition) is 6. The molecule has 0 bridgehead atoms. The third-order valence-electron chi connectivity index (χ3n) is 8.30. The number of rotatable bonds is 7. The Morgan fingerprint density at radius 2 is 1.68 bits per heavy atom. The lowest BCUT2D eigenvalue weighted by Gasteiger charge is -2.46. The molecule has 2 saturated heterocycles. The van der Waals surface area contributed by atoms with Crippen LogP contribution < -0.4 is 14.4 Å². The van der Waals surface area contributed by atoms with Crippen molar-refractivity contribution in [3.05, 3.63) is 48.0 Å². The highest BCUT2D eigenvalue weighted by Crippen LogP contribution is 2.43. The van der Waals surface area contributed by atoms with Crippen molar-refractivity contribution in [1.82, 2.24) is 9.21 Å². The lowest BCUT2D eigenvalue weighted by Crippen LogP contribution is -2.48. The Morgan fingerprint density at radius 1 is 0.973 bits per heavy atom. The van der Waals surface area contributed by atoms with Gasteiger partial charge in [-0.15, -0.1) is 0 Å². The molecule has 0 N–H and O–H groups in total. The number of anilines is 1. The number of ether oxygens (including phenoxy) is 2. The zero-order chi connectivity index (χ0) is 26.0. The predicted molar refractivity (Wildman–Crippen MR) is 147 cm³/mol. The summed E-state index contributed by atoms with van der Waals surface area (Å²) in [6, 6.07) is 13.7. The monoisotopic (exact) mass is 527 g/mol. The SMILES string of the molecule is CC(C)COc1ccccc1CN1CCC2(CC1)CCN(S(=O)(=O)c1ccc3c(c1)OCCN3C)CC2. The first-order valence-electron chi connectivity index (χ1n) is 13.7. The van der Waals surface area contributed by atoms with Crippen LogP contribution in [0.2, 0.25) is 0 Å². The summed E-state index contributed by atoms with van der Waals surface area (Å²) >= 11 is 0. The lowest BCUT2D eigenvalue weighted by atomic mass is 9.71. The van der Waals surface area contributed by atoms with Gasteiger partial charge in [0, 0.05) is 38.3 Å². The zero-order valence-corrected chi connectivity index (χ0v) is 23.3. The fourth-order valence-corrected chi connectivity index (χ4v) is 7.26. The van der Waals surface area contributed by atoms with E-state index in [2.05, 4.69) is 41.8 Å². The van der Waals surface area contributed by atoms with Gasteiger partial charge in [-0.05, 0) is 68.3 Å². The Morgan fingerprint density at radius 3 is 2.41 bits per heavy atom. The molecule has 37 heavy (non-hydrogen) atoms. The van der Waals surface area contributed by atoms with Crippen molar-refractivity contribution >= 4 is 15.7 Å². The standard InChI is InChI=1S/C29H41N3O4S/c1-23(2)22-36-27-7-5-4-6-24(27)21-31-14-10-29(11-15-31)12-16-32(17-13-29)37(33,34)25-8-9-26-28(20-25)35-19-18-30(26)3/h4-9,20,23H,10-19,21-22H2,1-3H3. The molecule has 3 aliphatic rings. The number of piperidine rings is 2. The van der Waals surface area contributed by atoms with E-state index in [0.717, 1.165) is 69.9 Å². The Hall–Kier alpha value is -2.29. The number of benzene rings is 2. The number of fused-ring (bicyclic) bond motifs is 1. The Bertz CT molecular complexity index is 1180. The predicted octanol–water partition coefficient (Wildman–Crippen LogP) is 4.62. The number of sulfonamides is 1. The summed E-state index contributed by atoms with van der Waals surface area (Å²) < 4.78 is 40.4. The van der Waals surface area contributed by atoms with Gasteiger partial charge in [0.2, 0.25) is 10.0 Å². The molecular formula is C29H41N3O4S. The lowest BCUT2D eigenvalue weighted by molar-refractivity contribution is 0.0525. The van der Waals surface area contributed by atoms with Gasteiger partial charge >= 0.3 is 0 Å². The topological polar surface area (TPSA) is 62.3 Å². The van der Waals surface area contributed by atoms with Crippen LogP contribution >= 0.6 is 0 Å². The Kier molecular flexibility index (Phi) is 7.70. The van der Waals surface area contributed by atoms with E-state index >= 15 is 0 Å². The van der Waals surface area contributed by atoms with Crippen molar-refractivity contribution in [1.29, 1.82) is 0 Å². The molecule has 5 rings (SSSR count). The number of likely N-dealkylation sites (N-methyl/N-ethyl adjacent to an activating group) is 1. The van der Waals surface area contributed by atoms with E-state index in [9.17, 15) is 8.42 Å². The Balaban J connectivity index is 1.17. The van der Waals surface area contributed by atoms with Crippen LogP contribution in [0.25, 0.3) is 0 Å². The van der Waals surface area contributed by atoms with Gasteiger partial charge in [0.25, 0.3) is 0 Å². The quantitative estimate of drug-likeness (QED) is 0.524. The molecular weight excluding hydrogens is 486 g/mol. The number of likely N-dealkylation sites (tertiary alicyclic amines) is 1. The second-order valence-electron chi connectivity index (χ2n) is 11.4. The molecule has 1 spiro atoms. The van der Waals surface area contributed by atoms with Gasteiger partial charge in [0.1, 0.15) is 18.1 Å². The van der Waals surface area contributed by atoms with Crippen molar-refractivity contribution < 1.29 is 17.9 Å². The van der Waals surface area contributed by atoms with Crippen molar-refractivity contribution in [2.45, 2.75) is 51.0 Å². The minimum Gasteiger partial charge on any atom is -0.493 e. The minimum atomic E-state index is -3.53. The summed E-state index contributed by atoms with van der Waals surface area (Å²) in [5.41, 5.74) is 2.45. The molecule has 3 heterocycles. The molecule has 2 aromatic rings. The summed E-state index contributed by atoms with van der Waals surface area (Å²) in [6.07, 6.45) is 4.10. The van der Waals surface area contributed by atoms with Crippen molar-refractivity contribution in [3.63, 3.8) is 0 Å². The van der Waals surface area contributed by atoms with Crippen molar-refractivity contribution in [2.75, 3.05) is 57.9 Å². The molecule has 2 fully saturated rings. The fraction of sp³-hybridized carbons (Fsp3) is 0.586. The van der Waals surface area contributed by atoms with Gasteiger partial charge in [-0.25, -0.2) is 8.42 Å². The fourth-order valence-electron chi connectivity index (χ4n) is 5.81. The average molecular weight is 528 g/mol. The van der Waals surface area contributed by atoms with Crippen LogP contribution in [0.1, 0.15) is 45.1 Å². The maximum atomic E-state index is 13.4. The summed E-state index contributed by atoms with van der Waals surface area (Å²) in [5, 5.41) is 0. The first-order valence-corrected chi connectivity index (χ1v) is 15.1. The van der Waals surface area contributed by atoms with E-state index in [1.54, 1.807) is 16.4 Å². The van der Waals surface area contributed by atoms with Gasteiger partial charge in [-0.1, -0.05) is 32.0 Å². The maximum absolute atomic E-state index is 13.4. The summed E-state index contributed by atoms with van der Waals surface area (Å²) in [4.78, 5) is 4.96. The highest BCUT2D eigenvalue weighted by atomic mass is 32.2. The smallest absolute Gasteiger partial charge is 0.243 e. The minimum absolute atomic E-state index is 0.248. The second-order valence-corrected chi connectivity index (χ2v) is 13.3. The average Bonchev–Trinajstić information content (AvgIpc) is 2.90. The molecule has 0 radical (unpaired) electrons. The van der Waals surface area contributed by atoms with Crippen LogP contribution in [-0.2, 0) is 16.6 Å². The normalized spacial score (nSPS) is 20.6. The number of hydrogen-bond donors (Lipinski definition) is 0. The molecule has 2 aromatic carbocycles. The van der Waals surface area contributed by atoms with E-state index in [-0.39, 0.29) is 5.41 Å². The van der Waals surface area contributed by atoms with Crippen LogP contribution in [0, 0.1) is 11.3 Å². The molecule has 8 heteroatoms. The highest BCUT2D eigenvalue weighted by Gasteiger charge is 2.40. The van der Waals surface area contributed by atoms with Gasteiger partial charge in [-0.2, -0.15) is 4.31 Å². The van der Waals surface area contributed by atoms with Gasteiger partial charge in [0.15, 0.2) is 0 Å². The molecule has 7 nitrogen and oxygen atoms in total. The molecule has 202 valence electrons. The van der Waals surface area contributed by atoms with Crippen molar-refractivity contribution in [3.8, 4) is 11.5 Å². The van der Waals surface area contributed by atoms with Crippen LogP contribution in [0.3, 0.4) is 0 Å². The third-order valence-corrected chi connectivity index (χ3v) is 10.2. The third kappa shape index (κ3) is 5.76. The largest absolute Gasteiger partial charge is 0.493 e. The second kappa shape index (κ2) is 10.8. The Labute approximate surface area is 222 Å². The summed E-state index contributed by atoms with van der Waals surface area (Å²) in [7, 11) is -1.52. The van der Waals surface area contributed by atoms with Crippen LogP contribution in [0.5, 0.6) is 11.5 Å². The van der Waals surface area contributed by atoms with Crippen molar-refractivity contribution in [2.24, 2.45) is 11.3 Å². The van der Waals surface area contributed by atoms with Crippen LogP contribution in [0.15, 0.2) is 47.4 Å². The molecule has 0 amide bonds. The summed E-state index contributed by atoms with van der Waals surface area (Å²) in [6.45, 7) is 10.6.